The highest BCUT2D eigenvalue weighted by Crippen LogP contribution is 2.30. The Balaban J connectivity index is 0.000000218. The summed E-state index contributed by atoms with van der Waals surface area (Å²) in [5.41, 5.74) is 6.77. The molecule has 0 spiro atoms. The van der Waals surface area contributed by atoms with Crippen LogP contribution in [0.3, 0.4) is 0 Å². The summed E-state index contributed by atoms with van der Waals surface area (Å²) in [5.74, 6) is -1.43. The number of amides is 3. The third kappa shape index (κ3) is 13.0. The first-order valence-corrected chi connectivity index (χ1v) is 25.5. The summed E-state index contributed by atoms with van der Waals surface area (Å²) in [6.45, 7) is 13.3. The van der Waals surface area contributed by atoms with Gasteiger partial charge in [0.1, 0.15) is 14.6 Å². The first kappa shape index (κ1) is 46.3. The zero-order chi connectivity index (χ0) is 42.2. The molecule has 4 aromatic heterocycles. The number of carboxylic acid groups (broad SMARTS) is 1. The van der Waals surface area contributed by atoms with Crippen LogP contribution in [0.4, 0.5) is 11.4 Å². The van der Waals surface area contributed by atoms with E-state index in [2.05, 4.69) is 53.6 Å². The van der Waals surface area contributed by atoms with E-state index in [4.69, 9.17) is 33.2 Å². The fourth-order valence-corrected chi connectivity index (χ4v) is 8.45. The maximum atomic E-state index is 12.5. The molecule has 0 aliphatic carbocycles. The van der Waals surface area contributed by atoms with E-state index in [1.807, 2.05) is 50.6 Å². The van der Waals surface area contributed by atoms with Gasteiger partial charge in [-0.3, -0.25) is 14.4 Å². The van der Waals surface area contributed by atoms with Crippen molar-refractivity contribution in [3.05, 3.63) is 90.4 Å². The summed E-state index contributed by atoms with van der Waals surface area (Å²) in [6, 6.07) is 14.4. The molecule has 57 heavy (non-hydrogen) atoms. The summed E-state index contributed by atoms with van der Waals surface area (Å²) < 4.78 is 1.91. The van der Waals surface area contributed by atoms with E-state index in [9.17, 15) is 19.2 Å². The monoisotopic (exact) mass is 920 g/mol. The van der Waals surface area contributed by atoms with Crippen LogP contribution in [0, 0.1) is 13.8 Å². The first-order valence-electron chi connectivity index (χ1n) is 17.1. The van der Waals surface area contributed by atoms with Crippen LogP contribution in [0.25, 0.3) is 20.2 Å². The molecule has 6 N–H and O–H groups in total. The topological polar surface area (TPSA) is 176 Å². The summed E-state index contributed by atoms with van der Waals surface area (Å²) >= 11 is 15.8. The number of aromatic carboxylic acids is 1. The zero-order valence-electron chi connectivity index (χ0n) is 32.5. The van der Waals surface area contributed by atoms with Crippen molar-refractivity contribution in [2.45, 2.75) is 51.0 Å². The molecule has 6 aromatic rings. The summed E-state index contributed by atoms with van der Waals surface area (Å²) in [5, 5.41) is 21.1. The van der Waals surface area contributed by atoms with E-state index in [0.717, 1.165) is 30.2 Å². The minimum Gasteiger partial charge on any atom is -0.477 e. The normalized spacial score (nSPS) is 12.4. The maximum absolute atomic E-state index is 12.5. The van der Waals surface area contributed by atoms with Crippen molar-refractivity contribution >= 4 is 142 Å². The molecule has 0 fully saturated rings. The number of thiazole rings is 2. The number of anilines is 2. The van der Waals surface area contributed by atoms with Gasteiger partial charge in [-0.25, -0.2) is 14.8 Å². The lowest BCUT2D eigenvalue weighted by atomic mass is 10.2. The standard InChI is InChI=1S/C19H21N3O2S4.C14H10N2O3S2.C5H13NS2/c1-11-20-9-16(26-11)18(24)22-13-5-6-14-12(7-13)8-15(27-14)17(23)21-10-19(2,3)28(4)25;1-7-15-6-12(20-7)13(17)16-9-2-3-10-8(4-9)5-11(21-10)14(18)19;1-5(2,4-6)8(3)7/h5-9H,10H2,1-4H3,(H,21,23)(H,22,24);2-6H,1H3,(H,16,17)(H,18,19);4,6H2,1-3H3. The van der Waals surface area contributed by atoms with Gasteiger partial charge in [0.25, 0.3) is 17.7 Å². The van der Waals surface area contributed by atoms with E-state index >= 15 is 0 Å². The van der Waals surface area contributed by atoms with Crippen molar-refractivity contribution in [3.8, 4) is 0 Å². The predicted molar refractivity (Wildman–Crippen MR) is 251 cm³/mol. The Labute approximate surface area is 362 Å². The molecule has 0 saturated carbocycles. The zero-order valence-corrected chi connectivity index (χ0v) is 39.0. The number of aryl methyl sites for hydroxylation is 2. The predicted octanol–water partition coefficient (Wildman–Crippen LogP) is 8.19. The molecule has 0 aliphatic heterocycles. The van der Waals surface area contributed by atoms with Crippen LogP contribution in [-0.4, -0.2) is 73.9 Å². The molecule has 4 heterocycles. The lowest BCUT2D eigenvalue weighted by molar-refractivity contribution is 0.0701. The number of fused-ring (bicyclic) bond motifs is 2. The van der Waals surface area contributed by atoms with Gasteiger partial charge in [-0.2, -0.15) is 0 Å². The Bertz CT molecular complexity index is 2460. The Morgan fingerprint density at radius 1 is 0.684 bits per heavy atom. The lowest BCUT2D eigenvalue weighted by Crippen LogP contribution is -2.40. The van der Waals surface area contributed by atoms with Crippen LogP contribution in [0.1, 0.15) is 76.4 Å². The first-order chi connectivity index (χ1) is 26.7. The molecule has 2 atom stereocenters. The van der Waals surface area contributed by atoms with E-state index in [-0.39, 0.29) is 51.0 Å². The minimum absolute atomic E-state index is 0.0324. The summed E-state index contributed by atoms with van der Waals surface area (Å²) in [6.07, 6.45) is 7.17. The number of aromatic nitrogens is 2. The number of hydrogen-bond donors (Lipinski definition) is 5. The average Bonchev–Trinajstić information content (AvgIpc) is 3.97. The van der Waals surface area contributed by atoms with Gasteiger partial charge in [-0.05, 0) is 113 Å². The second-order valence-corrected chi connectivity index (χ2v) is 25.4. The highest BCUT2D eigenvalue weighted by atomic mass is 32.8. The van der Waals surface area contributed by atoms with Crippen molar-refractivity contribution in [1.29, 1.82) is 0 Å². The smallest absolute Gasteiger partial charge is 0.345 e. The maximum Gasteiger partial charge on any atom is 0.345 e. The Hall–Kier alpha value is -3.40. The Morgan fingerprint density at radius 3 is 1.49 bits per heavy atom. The van der Waals surface area contributed by atoms with Crippen LogP contribution in [0.5, 0.6) is 0 Å². The molecule has 11 nitrogen and oxygen atoms in total. The fraction of sp³-hybridized carbons (Fsp3) is 0.316. The fourth-order valence-electron chi connectivity index (χ4n) is 4.38. The number of benzene rings is 2. The van der Waals surface area contributed by atoms with Crippen molar-refractivity contribution < 1.29 is 24.3 Å². The van der Waals surface area contributed by atoms with Gasteiger partial charge in [0.05, 0.1) is 27.3 Å². The number of carbonyl (C=O) groups excluding carboxylic acids is 3. The molecule has 19 heteroatoms. The highest BCUT2D eigenvalue weighted by Gasteiger charge is 2.22. The van der Waals surface area contributed by atoms with E-state index in [1.165, 1.54) is 45.3 Å². The van der Waals surface area contributed by atoms with Gasteiger partial charge in [0.15, 0.2) is 0 Å². The molecule has 0 aliphatic rings. The third-order valence-corrected chi connectivity index (χ3v) is 18.6. The third-order valence-electron chi connectivity index (χ3n) is 8.40. The quantitative estimate of drug-likeness (QED) is 0.0852. The summed E-state index contributed by atoms with van der Waals surface area (Å²) in [7, 11) is -0.176. The average molecular weight is 921 g/mol. The largest absolute Gasteiger partial charge is 0.477 e. The minimum atomic E-state index is -0.943. The van der Waals surface area contributed by atoms with Crippen LogP contribution in [0.2, 0.25) is 0 Å². The molecule has 2 unspecified atom stereocenters. The number of carbonyl (C=O) groups is 4. The molecule has 0 radical (unpaired) electrons. The van der Waals surface area contributed by atoms with Crippen LogP contribution >= 0.6 is 45.3 Å². The van der Waals surface area contributed by atoms with Gasteiger partial charge >= 0.3 is 5.97 Å². The van der Waals surface area contributed by atoms with Crippen molar-refractivity contribution in [3.63, 3.8) is 0 Å². The lowest BCUT2D eigenvalue weighted by Gasteiger charge is -2.24. The number of hydrogen-bond acceptors (Lipinski definition) is 13. The SMILES string of the molecule is CS(=S)C(C)(C)CN.Cc1ncc(C(=O)Nc2ccc3sc(C(=O)NCC(C)(C)S(C)=S)cc3c2)s1.Cc1ncc(C(=O)Nc2ccc3sc(C(=O)O)cc3c2)s1. The molecule has 3 amide bonds. The second-order valence-electron chi connectivity index (χ2n) is 13.7. The molecular formula is C38H44N6O5S8. The van der Waals surface area contributed by atoms with E-state index in [1.54, 1.807) is 36.7 Å². The molecule has 0 bridgehead atoms. The van der Waals surface area contributed by atoms with Gasteiger partial charge in [0.2, 0.25) is 0 Å². The number of rotatable bonds is 11. The number of nitrogens with zero attached hydrogens (tertiary/aromatic N) is 2. The molecule has 2 aromatic carbocycles. The second kappa shape index (κ2) is 20.0. The van der Waals surface area contributed by atoms with Crippen molar-refractivity contribution in [2.75, 3.05) is 36.2 Å². The molecule has 6 rings (SSSR count). The van der Waals surface area contributed by atoms with E-state index < -0.39 is 5.97 Å². The van der Waals surface area contributed by atoms with Crippen LogP contribution in [-0.2, 0) is 41.3 Å². The number of thiophene rings is 2. The van der Waals surface area contributed by atoms with Crippen LogP contribution in [0.15, 0.2) is 60.9 Å². The summed E-state index contributed by atoms with van der Waals surface area (Å²) in [4.78, 5) is 58.0. The van der Waals surface area contributed by atoms with Gasteiger partial charge in [0, 0.05) is 43.4 Å². The highest BCUT2D eigenvalue weighted by molar-refractivity contribution is 8.29. The van der Waals surface area contributed by atoms with Crippen LogP contribution < -0.4 is 21.7 Å². The Kier molecular flexibility index (Phi) is 16.3. The number of carboxylic acids is 1. The van der Waals surface area contributed by atoms with Crippen molar-refractivity contribution in [1.82, 2.24) is 15.3 Å². The van der Waals surface area contributed by atoms with Gasteiger partial charge < -0.3 is 26.8 Å². The number of nitrogens with one attached hydrogen (secondary N) is 3. The number of nitrogens with two attached hydrogens (primary N) is 1. The van der Waals surface area contributed by atoms with Gasteiger partial charge in [-0.15, -0.1) is 64.3 Å². The Morgan fingerprint density at radius 2 is 1.12 bits per heavy atom. The molecule has 304 valence electrons. The molecular weight excluding hydrogens is 877 g/mol. The van der Waals surface area contributed by atoms with E-state index in [0.29, 0.717) is 39.1 Å². The van der Waals surface area contributed by atoms with Gasteiger partial charge in [-0.1, -0.05) is 22.4 Å². The molecule has 0 saturated heterocycles. The van der Waals surface area contributed by atoms with Crippen molar-refractivity contribution in [2.24, 2.45) is 5.73 Å².